The number of phosphoric ester groups is 1. The highest BCUT2D eigenvalue weighted by Gasteiger charge is 2.51. The van der Waals surface area contributed by atoms with E-state index in [1.165, 1.54) is 89.9 Å². The lowest BCUT2D eigenvalue weighted by molar-refractivity contribution is -0.220. The predicted octanol–water partition coefficient (Wildman–Crippen LogP) is 9.39. The number of hydrogen-bond acceptors (Lipinski definition) is 12. The van der Waals surface area contributed by atoms with Gasteiger partial charge in [0.2, 0.25) is 0 Å². The van der Waals surface area contributed by atoms with Crippen LogP contribution in [-0.2, 0) is 32.7 Å². The Balaban J connectivity index is 2.47. The van der Waals surface area contributed by atoms with Gasteiger partial charge in [-0.25, -0.2) is 4.57 Å². The number of esters is 2. The summed E-state index contributed by atoms with van der Waals surface area (Å²) in [6, 6.07) is 0. The van der Waals surface area contributed by atoms with Crippen molar-refractivity contribution in [3.05, 3.63) is 36.5 Å². The average molecular weight is 889 g/mol. The quantitative estimate of drug-likeness (QED) is 0.0147. The van der Waals surface area contributed by atoms with Crippen molar-refractivity contribution in [3.63, 3.8) is 0 Å². The van der Waals surface area contributed by atoms with Gasteiger partial charge in [-0.2, -0.15) is 0 Å². The highest BCUT2D eigenvalue weighted by Crippen LogP contribution is 2.47. The Labute approximate surface area is 368 Å². The van der Waals surface area contributed by atoms with E-state index >= 15 is 0 Å². The number of ether oxygens (including phenoxy) is 2. The maximum absolute atomic E-state index is 12.8. The number of hydrogen-bond donors (Lipinski definition) is 6. The second-order valence-electron chi connectivity index (χ2n) is 16.6. The van der Waals surface area contributed by atoms with Gasteiger partial charge in [0.1, 0.15) is 43.2 Å². The number of carbonyl (C=O) groups is 2. The van der Waals surface area contributed by atoms with Crippen LogP contribution in [0.5, 0.6) is 0 Å². The van der Waals surface area contributed by atoms with E-state index < -0.39 is 75.7 Å². The van der Waals surface area contributed by atoms with Crippen LogP contribution in [-0.4, -0.2) is 98.3 Å². The summed E-state index contributed by atoms with van der Waals surface area (Å²) >= 11 is 0. The molecule has 0 aromatic heterocycles. The van der Waals surface area contributed by atoms with Gasteiger partial charge in [0.25, 0.3) is 0 Å². The van der Waals surface area contributed by atoms with Gasteiger partial charge in [-0.05, 0) is 57.8 Å². The summed E-state index contributed by atoms with van der Waals surface area (Å²) in [5.74, 6) is -1.16. The van der Waals surface area contributed by atoms with E-state index in [1.807, 2.05) is 12.2 Å². The molecule has 0 heterocycles. The Kier molecular flexibility index (Phi) is 35.0. The molecule has 61 heavy (non-hydrogen) atoms. The van der Waals surface area contributed by atoms with E-state index in [2.05, 4.69) is 38.2 Å². The van der Waals surface area contributed by atoms with Crippen LogP contribution in [0.4, 0.5) is 0 Å². The Morgan fingerprint density at radius 3 is 1.44 bits per heavy atom. The molecular formula is C47H85O13P. The lowest BCUT2D eigenvalue weighted by Gasteiger charge is -2.41. The van der Waals surface area contributed by atoms with Gasteiger partial charge in [-0.1, -0.05) is 159 Å². The Morgan fingerprint density at radius 2 is 0.918 bits per heavy atom. The first-order valence-electron chi connectivity index (χ1n) is 23.8. The van der Waals surface area contributed by atoms with Crippen molar-refractivity contribution in [1.82, 2.24) is 0 Å². The molecule has 1 rings (SSSR count). The zero-order valence-corrected chi connectivity index (χ0v) is 38.6. The molecule has 0 aromatic rings. The first kappa shape index (κ1) is 57.1. The molecule has 0 bridgehead atoms. The van der Waals surface area contributed by atoms with Crippen LogP contribution >= 0.6 is 7.82 Å². The topological polar surface area (TPSA) is 210 Å². The summed E-state index contributed by atoms with van der Waals surface area (Å²) in [5.41, 5.74) is 0. The van der Waals surface area contributed by atoms with Crippen LogP contribution in [0.3, 0.4) is 0 Å². The van der Waals surface area contributed by atoms with Crippen LogP contribution in [0, 0.1) is 0 Å². The van der Waals surface area contributed by atoms with Gasteiger partial charge in [0.15, 0.2) is 6.10 Å². The van der Waals surface area contributed by atoms with Gasteiger partial charge in [-0.15, -0.1) is 0 Å². The summed E-state index contributed by atoms with van der Waals surface area (Å²) < 4.78 is 33.5. The van der Waals surface area contributed by atoms with Crippen molar-refractivity contribution in [2.45, 2.75) is 236 Å². The molecule has 0 radical (unpaired) electrons. The van der Waals surface area contributed by atoms with Crippen molar-refractivity contribution in [2.75, 3.05) is 13.2 Å². The highest BCUT2D eigenvalue weighted by atomic mass is 31.2. The summed E-state index contributed by atoms with van der Waals surface area (Å²) in [7, 11) is -5.13. The maximum Gasteiger partial charge on any atom is 0.472 e. The fourth-order valence-corrected chi connectivity index (χ4v) is 8.07. The summed E-state index contributed by atoms with van der Waals surface area (Å²) in [6.45, 7) is 3.24. The highest BCUT2D eigenvalue weighted by molar-refractivity contribution is 7.47. The van der Waals surface area contributed by atoms with Gasteiger partial charge in [0.05, 0.1) is 6.61 Å². The van der Waals surface area contributed by atoms with E-state index in [0.29, 0.717) is 12.8 Å². The molecule has 0 aromatic carbocycles. The fourth-order valence-electron chi connectivity index (χ4n) is 7.10. The van der Waals surface area contributed by atoms with Crippen LogP contribution in [0.1, 0.15) is 194 Å². The molecule has 0 spiro atoms. The summed E-state index contributed by atoms with van der Waals surface area (Å²) in [6.07, 6.45) is 29.2. The zero-order chi connectivity index (χ0) is 45.0. The van der Waals surface area contributed by atoms with E-state index in [-0.39, 0.29) is 12.8 Å². The van der Waals surface area contributed by atoms with Gasteiger partial charge >= 0.3 is 19.8 Å². The van der Waals surface area contributed by atoms with Gasteiger partial charge in [0, 0.05) is 12.8 Å². The molecule has 1 saturated carbocycles. The number of phosphoric acid groups is 1. The average Bonchev–Trinajstić information content (AvgIpc) is 3.24. The molecule has 6 N–H and O–H groups in total. The minimum atomic E-state index is -5.13. The predicted molar refractivity (Wildman–Crippen MR) is 240 cm³/mol. The molecule has 356 valence electrons. The van der Waals surface area contributed by atoms with Crippen molar-refractivity contribution < 1.29 is 63.1 Å². The van der Waals surface area contributed by atoms with Crippen molar-refractivity contribution in [2.24, 2.45) is 0 Å². The molecule has 0 saturated heterocycles. The number of allylic oxidation sites excluding steroid dienone is 6. The second-order valence-corrected chi connectivity index (χ2v) is 18.0. The van der Waals surface area contributed by atoms with Crippen LogP contribution < -0.4 is 0 Å². The summed E-state index contributed by atoms with van der Waals surface area (Å²) in [5, 5.41) is 50.1. The molecule has 0 aliphatic heterocycles. The SMILES string of the molecule is CCCCC/C=C/C/C=C/CCCCCCCCCC(=O)OC[C@@H](COP(=O)(O)OC1C(O)C(O)C(O)[C@H](O)C1O)OC(=O)CC/C=C/CCCCCCCCCCCCC. The molecule has 1 aliphatic carbocycles. The monoisotopic (exact) mass is 889 g/mol. The third-order valence-electron chi connectivity index (χ3n) is 11.0. The number of unbranched alkanes of at least 4 members (excludes halogenated alkanes) is 21. The number of aliphatic hydroxyl groups is 5. The van der Waals surface area contributed by atoms with E-state index in [9.17, 15) is 44.6 Å². The van der Waals surface area contributed by atoms with Crippen molar-refractivity contribution >= 4 is 19.8 Å². The molecule has 6 unspecified atom stereocenters. The van der Waals surface area contributed by atoms with Crippen LogP contribution in [0.15, 0.2) is 36.5 Å². The first-order chi connectivity index (χ1) is 29.4. The lowest BCUT2D eigenvalue weighted by Crippen LogP contribution is -2.64. The van der Waals surface area contributed by atoms with E-state index in [1.54, 1.807) is 0 Å². The molecule has 0 amide bonds. The molecule has 13 nitrogen and oxygen atoms in total. The number of carbonyl (C=O) groups excluding carboxylic acids is 2. The lowest BCUT2D eigenvalue weighted by atomic mass is 9.85. The Morgan fingerprint density at radius 1 is 0.508 bits per heavy atom. The van der Waals surface area contributed by atoms with Crippen molar-refractivity contribution in [1.29, 1.82) is 0 Å². The maximum atomic E-state index is 12.8. The van der Waals surface area contributed by atoms with Crippen molar-refractivity contribution in [3.8, 4) is 0 Å². The number of rotatable bonds is 39. The van der Waals surface area contributed by atoms with Crippen LogP contribution in [0.2, 0.25) is 0 Å². The normalized spacial score (nSPS) is 22.3. The smallest absolute Gasteiger partial charge is 0.462 e. The largest absolute Gasteiger partial charge is 0.472 e. The van der Waals surface area contributed by atoms with E-state index in [4.69, 9.17) is 18.5 Å². The second kappa shape index (κ2) is 37.4. The minimum Gasteiger partial charge on any atom is -0.462 e. The Bertz CT molecular complexity index is 1210. The molecule has 14 heteroatoms. The van der Waals surface area contributed by atoms with Gasteiger partial charge in [-0.3, -0.25) is 18.6 Å². The minimum absolute atomic E-state index is 0.0125. The van der Waals surface area contributed by atoms with Crippen LogP contribution in [0.25, 0.3) is 0 Å². The standard InChI is InChI=1S/C47H85O13P/c1-3-5-7-9-11-13-15-17-19-20-22-23-25-27-29-31-33-35-40(48)57-37-39(38-58-61(55,56)60-47-45(53)43(51)42(50)44(52)46(47)54)59-41(49)36-34-32-30-28-26-24-21-18-16-14-12-10-8-6-4-2/h11,13,17,19,30,32,39,42-47,50-54H,3-10,12,14-16,18,20-29,31,33-38H2,1-2H3,(H,55,56)/b13-11+,19-17+,32-30+/t39-,42?,43-,44?,45?,46?,47?/m0/s1. The summed E-state index contributed by atoms with van der Waals surface area (Å²) in [4.78, 5) is 35.7. The molecular weight excluding hydrogens is 803 g/mol. The van der Waals surface area contributed by atoms with Gasteiger partial charge < -0.3 is 39.9 Å². The molecule has 8 atom stereocenters. The Hall–Kier alpha value is -1.93. The fraction of sp³-hybridized carbons (Fsp3) is 0.830. The molecule has 1 aliphatic rings. The zero-order valence-electron chi connectivity index (χ0n) is 37.7. The third kappa shape index (κ3) is 30.0. The first-order valence-corrected chi connectivity index (χ1v) is 25.3. The third-order valence-corrected chi connectivity index (χ3v) is 12.0. The molecule has 1 fully saturated rings. The number of aliphatic hydroxyl groups excluding tert-OH is 5. The van der Waals surface area contributed by atoms with E-state index in [0.717, 1.165) is 64.2 Å².